The summed E-state index contributed by atoms with van der Waals surface area (Å²) in [5, 5.41) is 5.87. The van der Waals surface area contributed by atoms with Gasteiger partial charge in [0.15, 0.2) is 0 Å². The molecule has 1 aliphatic heterocycles. The third-order valence-electron chi connectivity index (χ3n) is 3.62. The lowest BCUT2D eigenvalue weighted by atomic mass is 10.1. The summed E-state index contributed by atoms with van der Waals surface area (Å²) in [5.41, 5.74) is 1.14. The van der Waals surface area contributed by atoms with Crippen LogP contribution in [0.2, 0.25) is 0 Å². The Bertz CT molecular complexity index is 539. The van der Waals surface area contributed by atoms with E-state index >= 15 is 0 Å². The zero-order chi connectivity index (χ0) is 15.1. The molecule has 0 radical (unpaired) electrons. The molecule has 0 bridgehead atoms. The van der Waals surface area contributed by atoms with Gasteiger partial charge in [0, 0.05) is 25.7 Å². The van der Waals surface area contributed by atoms with Gasteiger partial charge in [-0.1, -0.05) is 6.42 Å². The molecule has 1 aromatic rings. The number of likely N-dealkylation sites (tertiary alicyclic amines) is 1. The number of piperidine rings is 1. The maximum absolute atomic E-state index is 12.0. The third kappa shape index (κ3) is 5.19. The van der Waals surface area contributed by atoms with Crippen LogP contribution in [0, 0.1) is 0 Å². The monoisotopic (exact) mass is 289 g/mol. The quantitative estimate of drug-likeness (QED) is 0.869. The second-order valence-electron chi connectivity index (χ2n) is 5.41. The molecular weight excluding hydrogens is 266 g/mol. The van der Waals surface area contributed by atoms with E-state index in [1.807, 2.05) is 0 Å². The average Bonchev–Trinajstić information content (AvgIpc) is 2.63. The van der Waals surface area contributed by atoms with Crippen LogP contribution in [0.25, 0.3) is 0 Å². The number of anilines is 2. The first-order valence-corrected chi connectivity index (χ1v) is 7.53. The molecule has 2 rings (SSSR count). The van der Waals surface area contributed by atoms with Crippen molar-refractivity contribution in [3.8, 4) is 0 Å². The maximum Gasteiger partial charge on any atom is 0.221 e. The van der Waals surface area contributed by atoms with Crippen molar-refractivity contribution in [2.24, 2.45) is 0 Å². The van der Waals surface area contributed by atoms with E-state index in [0.29, 0.717) is 11.4 Å². The smallest absolute Gasteiger partial charge is 0.221 e. The summed E-state index contributed by atoms with van der Waals surface area (Å²) in [6.45, 7) is 5.47. The van der Waals surface area contributed by atoms with Crippen LogP contribution in [0.3, 0.4) is 0 Å². The van der Waals surface area contributed by atoms with Gasteiger partial charge in [-0.15, -0.1) is 0 Å². The Kier molecular flexibility index (Phi) is 5.75. The zero-order valence-corrected chi connectivity index (χ0v) is 12.5. The molecule has 0 spiro atoms. The number of carbonyl (C=O) groups is 1. The van der Waals surface area contributed by atoms with Gasteiger partial charge in [-0.05, 0) is 50.2 Å². The second kappa shape index (κ2) is 7.78. The van der Waals surface area contributed by atoms with Crippen molar-refractivity contribution in [2.45, 2.75) is 26.2 Å². The number of rotatable bonds is 5. The molecule has 5 nitrogen and oxygen atoms in total. The number of carbonyl (C=O) groups excluding carboxylic acids is 1. The van der Waals surface area contributed by atoms with Crippen LogP contribution in [0.5, 0.6) is 0 Å². The van der Waals surface area contributed by atoms with Crippen molar-refractivity contribution in [1.29, 1.82) is 0 Å². The van der Waals surface area contributed by atoms with Gasteiger partial charge in [0.25, 0.3) is 0 Å². The fraction of sp³-hybridized carbons (Fsp3) is 0.500. The first-order chi connectivity index (χ1) is 10.1. The summed E-state index contributed by atoms with van der Waals surface area (Å²) >= 11 is 0. The van der Waals surface area contributed by atoms with Crippen molar-refractivity contribution >= 4 is 17.3 Å². The van der Waals surface area contributed by atoms with Crippen molar-refractivity contribution in [3.05, 3.63) is 34.5 Å². The van der Waals surface area contributed by atoms with Crippen molar-refractivity contribution in [2.75, 3.05) is 36.8 Å². The van der Waals surface area contributed by atoms with E-state index in [4.69, 9.17) is 0 Å². The van der Waals surface area contributed by atoms with Crippen molar-refractivity contribution in [3.63, 3.8) is 0 Å². The van der Waals surface area contributed by atoms with Gasteiger partial charge in [-0.3, -0.25) is 9.59 Å². The second-order valence-corrected chi connectivity index (χ2v) is 5.41. The van der Waals surface area contributed by atoms with Crippen LogP contribution in [-0.4, -0.2) is 37.0 Å². The minimum Gasteiger partial charge on any atom is -0.381 e. The molecule has 5 heteroatoms. The third-order valence-corrected chi connectivity index (χ3v) is 3.62. The Labute approximate surface area is 125 Å². The van der Waals surface area contributed by atoms with E-state index in [1.165, 1.54) is 32.3 Å². The first-order valence-electron chi connectivity index (χ1n) is 7.53. The number of hydrogen-bond donors (Lipinski definition) is 2. The lowest BCUT2D eigenvalue weighted by Crippen LogP contribution is -2.34. The van der Waals surface area contributed by atoms with Gasteiger partial charge in [-0.2, -0.15) is 0 Å². The van der Waals surface area contributed by atoms with Crippen LogP contribution < -0.4 is 16.1 Å². The Morgan fingerprint density at radius 3 is 2.57 bits per heavy atom. The maximum atomic E-state index is 12.0. The molecule has 1 heterocycles. The van der Waals surface area contributed by atoms with Crippen molar-refractivity contribution in [1.82, 2.24) is 4.90 Å². The summed E-state index contributed by atoms with van der Waals surface area (Å²) in [5.74, 6) is -0.145. The summed E-state index contributed by atoms with van der Waals surface area (Å²) in [6.07, 6.45) is 3.87. The van der Waals surface area contributed by atoms with Gasteiger partial charge in [-0.25, -0.2) is 0 Å². The fourth-order valence-corrected chi connectivity index (χ4v) is 2.53. The largest absolute Gasteiger partial charge is 0.381 e. The standard InChI is InChI=1S/C16H23N3O2/c1-13(20)18-14-5-7-15(16(21)8-6-14)17-9-12-19-10-3-2-4-11-19/h5-8H,2-4,9-12H2,1H3,(H,17,21)(H,18,20). The molecule has 1 aliphatic rings. The summed E-state index contributed by atoms with van der Waals surface area (Å²) in [7, 11) is 0. The Morgan fingerprint density at radius 1 is 1.14 bits per heavy atom. The molecular formula is C16H23N3O2. The van der Waals surface area contributed by atoms with E-state index in [2.05, 4.69) is 15.5 Å². The van der Waals surface area contributed by atoms with Gasteiger partial charge in [0.05, 0.1) is 5.69 Å². The van der Waals surface area contributed by atoms with Crippen LogP contribution in [0.1, 0.15) is 26.2 Å². The lowest BCUT2D eigenvalue weighted by molar-refractivity contribution is -0.114. The van der Waals surface area contributed by atoms with E-state index in [1.54, 1.807) is 18.2 Å². The predicted octanol–water partition coefficient (Wildman–Crippen LogP) is 1.90. The first kappa shape index (κ1) is 15.5. The highest BCUT2D eigenvalue weighted by atomic mass is 16.1. The predicted molar refractivity (Wildman–Crippen MR) is 85.8 cm³/mol. The highest BCUT2D eigenvalue weighted by molar-refractivity contribution is 5.88. The highest BCUT2D eigenvalue weighted by Crippen LogP contribution is 2.09. The number of nitrogens with zero attached hydrogens (tertiary/aromatic N) is 1. The fourth-order valence-electron chi connectivity index (χ4n) is 2.53. The minimum atomic E-state index is -0.145. The Balaban J connectivity index is 1.91. The van der Waals surface area contributed by atoms with Gasteiger partial charge in [0.2, 0.25) is 11.3 Å². The highest BCUT2D eigenvalue weighted by Gasteiger charge is 2.09. The molecule has 0 aromatic heterocycles. The van der Waals surface area contributed by atoms with Gasteiger partial charge in [0.1, 0.15) is 0 Å². The van der Waals surface area contributed by atoms with Crippen LogP contribution in [0.15, 0.2) is 29.1 Å². The van der Waals surface area contributed by atoms with E-state index in [-0.39, 0.29) is 11.3 Å². The van der Waals surface area contributed by atoms with E-state index in [9.17, 15) is 9.59 Å². The molecule has 1 fully saturated rings. The molecule has 1 amide bonds. The number of hydrogen-bond acceptors (Lipinski definition) is 4. The molecule has 114 valence electrons. The molecule has 0 unspecified atom stereocenters. The SMILES string of the molecule is CC(=O)Nc1ccc(NCCN2CCCCC2)c(=O)cc1. The van der Waals surface area contributed by atoms with Crippen LogP contribution in [-0.2, 0) is 4.79 Å². The Hall–Kier alpha value is -1.88. The normalized spacial score (nSPS) is 15.5. The van der Waals surface area contributed by atoms with Gasteiger partial charge < -0.3 is 15.5 Å². The minimum absolute atomic E-state index is 0.0646. The zero-order valence-electron chi connectivity index (χ0n) is 12.5. The van der Waals surface area contributed by atoms with Crippen LogP contribution >= 0.6 is 0 Å². The average molecular weight is 289 g/mol. The van der Waals surface area contributed by atoms with Crippen molar-refractivity contribution < 1.29 is 4.79 Å². The molecule has 0 aliphatic carbocycles. The lowest BCUT2D eigenvalue weighted by Gasteiger charge is -2.26. The van der Waals surface area contributed by atoms with E-state index < -0.39 is 0 Å². The molecule has 21 heavy (non-hydrogen) atoms. The topological polar surface area (TPSA) is 61.4 Å². The molecule has 0 atom stereocenters. The molecule has 2 N–H and O–H groups in total. The molecule has 0 saturated carbocycles. The summed E-state index contributed by atoms with van der Waals surface area (Å²) in [6, 6.07) is 6.57. The summed E-state index contributed by atoms with van der Waals surface area (Å²) in [4.78, 5) is 25.4. The molecule has 1 saturated heterocycles. The van der Waals surface area contributed by atoms with Gasteiger partial charge >= 0.3 is 0 Å². The number of amides is 1. The summed E-state index contributed by atoms with van der Waals surface area (Å²) < 4.78 is 0. The van der Waals surface area contributed by atoms with Crippen LogP contribution in [0.4, 0.5) is 11.4 Å². The van der Waals surface area contributed by atoms with E-state index in [0.717, 1.165) is 26.2 Å². The Morgan fingerprint density at radius 2 is 1.86 bits per heavy atom. The number of nitrogens with one attached hydrogen (secondary N) is 2. The molecule has 1 aromatic carbocycles.